The van der Waals surface area contributed by atoms with E-state index in [4.69, 9.17) is 6.42 Å². The van der Waals surface area contributed by atoms with Crippen LogP contribution in [0.5, 0.6) is 0 Å². The zero-order valence-electron chi connectivity index (χ0n) is 13.4. The summed E-state index contributed by atoms with van der Waals surface area (Å²) < 4.78 is 0. The molecule has 2 heteroatoms. The van der Waals surface area contributed by atoms with E-state index in [2.05, 4.69) is 12.8 Å². The third-order valence-electron chi connectivity index (χ3n) is 7.56. The van der Waals surface area contributed by atoms with Gasteiger partial charge in [0.15, 0.2) is 5.78 Å². The number of fused-ring (bicyclic) bond motifs is 5. The Kier molecular flexibility index (Phi) is 3.28. The number of allylic oxidation sites excluding steroid dienone is 1. The highest BCUT2D eigenvalue weighted by molar-refractivity contribution is 5.95. The average molecular weight is 298 g/mol. The number of ketones is 1. The molecule has 3 fully saturated rings. The van der Waals surface area contributed by atoms with Crippen LogP contribution in [0, 0.1) is 47.3 Å². The molecule has 0 aliphatic heterocycles. The monoisotopic (exact) mass is 298 g/mol. The lowest BCUT2D eigenvalue weighted by Crippen LogP contribution is -2.48. The predicted molar refractivity (Wildman–Crippen MR) is 85.8 cm³/mol. The first kappa shape index (κ1) is 14.5. The van der Waals surface area contributed by atoms with Crippen molar-refractivity contribution in [3.63, 3.8) is 0 Å². The maximum Gasteiger partial charge on any atom is 0.170 e. The molecule has 0 radical (unpaired) electrons. The smallest absolute Gasteiger partial charge is 0.170 e. The molecule has 7 atom stereocenters. The van der Waals surface area contributed by atoms with E-state index in [1.54, 1.807) is 0 Å². The number of aliphatic hydroxyl groups excluding tert-OH is 1. The minimum absolute atomic E-state index is 0.109. The number of hydrogen-bond acceptors (Lipinski definition) is 2. The van der Waals surface area contributed by atoms with Crippen molar-refractivity contribution in [3.05, 3.63) is 11.6 Å². The van der Waals surface area contributed by atoms with Crippen LogP contribution in [0.15, 0.2) is 11.6 Å². The molecular weight excluding hydrogens is 272 g/mol. The molecule has 118 valence electrons. The van der Waals surface area contributed by atoms with Gasteiger partial charge < -0.3 is 5.11 Å². The minimum atomic E-state index is -0.199. The second kappa shape index (κ2) is 4.96. The SMILES string of the molecule is C#CC1C[C@H]2C(=CC1=O)CC[C@@H]1[C@@H]2CC[C@]2(C)[C@H](O)CC[C@@H]12. The molecule has 0 aromatic carbocycles. The Morgan fingerprint density at radius 2 is 2.09 bits per heavy atom. The van der Waals surface area contributed by atoms with Crippen molar-refractivity contribution in [1.29, 1.82) is 0 Å². The van der Waals surface area contributed by atoms with Crippen LogP contribution in [0.4, 0.5) is 0 Å². The van der Waals surface area contributed by atoms with Crippen LogP contribution in [0.25, 0.3) is 0 Å². The molecule has 0 heterocycles. The van der Waals surface area contributed by atoms with E-state index in [0.29, 0.717) is 17.8 Å². The third-order valence-corrected chi connectivity index (χ3v) is 7.56. The lowest BCUT2D eigenvalue weighted by Gasteiger charge is -2.53. The summed E-state index contributed by atoms with van der Waals surface area (Å²) in [5, 5.41) is 10.4. The van der Waals surface area contributed by atoms with Crippen molar-refractivity contribution in [3.8, 4) is 12.3 Å². The van der Waals surface area contributed by atoms with E-state index in [1.807, 2.05) is 6.08 Å². The van der Waals surface area contributed by atoms with Gasteiger partial charge >= 0.3 is 0 Å². The van der Waals surface area contributed by atoms with Crippen molar-refractivity contribution in [2.24, 2.45) is 35.0 Å². The van der Waals surface area contributed by atoms with Gasteiger partial charge in [0, 0.05) is 0 Å². The third kappa shape index (κ3) is 1.88. The molecule has 1 unspecified atom stereocenters. The summed E-state index contributed by atoms with van der Waals surface area (Å²) in [5.74, 6) is 5.28. The van der Waals surface area contributed by atoms with Gasteiger partial charge in [-0.05, 0) is 80.1 Å². The summed E-state index contributed by atoms with van der Waals surface area (Å²) >= 11 is 0. The van der Waals surface area contributed by atoms with Crippen molar-refractivity contribution in [1.82, 2.24) is 0 Å². The number of carbonyl (C=O) groups is 1. The molecule has 0 spiro atoms. The Labute approximate surface area is 133 Å². The summed E-state index contributed by atoms with van der Waals surface area (Å²) in [6.07, 6.45) is 15.0. The highest BCUT2D eigenvalue weighted by atomic mass is 16.3. The fourth-order valence-electron chi connectivity index (χ4n) is 6.31. The van der Waals surface area contributed by atoms with E-state index in [-0.39, 0.29) is 23.2 Å². The summed E-state index contributed by atoms with van der Waals surface area (Å²) in [6, 6.07) is 0. The van der Waals surface area contributed by atoms with Crippen molar-refractivity contribution in [2.75, 3.05) is 0 Å². The molecule has 0 aromatic heterocycles. The Bertz CT molecular complexity index is 569. The summed E-state index contributed by atoms with van der Waals surface area (Å²) in [5.41, 5.74) is 1.51. The molecule has 0 bridgehead atoms. The normalized spacial score (nSPS) is 50.4. The highest BCUT2D eigenvalue weighted by Crippen LogP contribution is 2.61. The molecule has 0 amide bonds. The van der Waals surface area contributed by atoms with Gasteiger partial charge in [0.25, 0.3) is 0 Å². The molecule has 4 aliphatic carbocycles. The zero-order chi connectivity index (χ0) is 15.5. The Balaban J connectivity index is 1.64. The van der Waals surface area contributed by atoms with Gasteiger partial charge in [0.2, 0.25) is 0 Å². The van der Waals surface area contributed by atoms with Crippen molar-refractivity contribution < 1.29 is 9.90 Å². The number of rotatable bonds is 0. The quantitative estimate of drug-likeness (QED) is 0.696. The first-order valence-electron chi connectivity index (χ1n) is 8.93. The number of aliphatic hydroxyl groups is 1. The number of terminal acetylenes is 1. The first-order valence-corrected chi connectivity index (χ1v) is 8.93. The van der Waals surface area contributed by atoms with Crippen LogP contribution in [0.1, 0.15) is 51.9 Å². The molecule has 22 heavy (non-hydrogen) atoms. The maximum absolute atomic E-state index is 12.1. The van der Waals surface area contributed by atoms with E-state index >= 15 is 0 Å². The first-order chi connectivity index (χ1) is 10.5. The Hall–Kier alpha value is -1.07. The van der Waals surface area contributed by atoms with Gasteiger partial charge in [-0.3, -0.25) is 4.79 Å². The molecular formula is C20H26O2. The number of hydrogen-bond donors (Lipinski definition) is 1. The van der Waals surface area contributed by atoms with E-state index in [0.717, 1.165) is 31.6 Å². The van der Waals surface area contributed by atoms with Gasteiger partial charge in [-0.15, -0.1) is 6.42 Å². The summed E-state index contributed by atoms with van der Waals surface area (Å²) in [4.78, 5) is 12.1. The molecule has 4 aliphatic rings. The lowest BCUT2D eigenvalue weighted by atomic mass is 9.51. The van der Waals surface area contributed by atoms with Crippen LogP contribution >= 0.6 is 0 Å². The fraction of sp³-hybridized carbons (Fsp3) is 0.750. The highest BCUT2D eigenvalue weighted by Gasteiger charge is 2.56. The molecule has 1 N–H and O–H groups in total. The fourth-order valence-corrected chi connectivity index (χ4v) is 6.31. The number of carbonyl (C=O) groups excluding carboxylic acids is 1. The van der Waals surface area contributed by atoms with Crippen LogP contribution in [0.2, 0.25) is 0 Å². The maximum atomic E-state index is 12.1. The lowest BCUT2D eigenvalue weighted by molar-refractivity contribution is -0.118. The second-order valence-electron chi connectivity index (χ2n) is 8.29. The molecule has 4 rings (SSSR count). The summed E-state index contributed by atoms with van der Waals surface area (Å²) in [6.45, 7) is 2.31. The van der Waals surface area contributed by atoms with Gasteiger partial charge in [-0.2, -0.15) is 0 Å². The molecule has 0 aromatic rings. The molecule has 2 nitrogen and oxygen atoms in total. The minimum Gasteiger partial charge on any atom is -0.393 e. The Morgan fingerprint density at radius 1 is 1.27 bits per heavy atom. The average Bonchev–Trinajstić information content (AvgIpc) is 2.82. The predicted octanol–water partition coefficient (Wildman–Crippen LogP) is 3.35. The zero-order valence-corrected chi connectivity index (χ0v) is 13.4. The van der Waals surface area contributed by atoms with Crippen molar-refractivity contribution >= 4 is 5.78 Å². The van der Waals surface area contributed by atoms with E-state index in [9.17, 15) is 9.90 Å². The van der Waals surface area contributed by atoms with Crippen LogP contribution in [-0.2, 0) is 4.79 Å². The second-order valence-corrected chi connectivity index (χ2v) is 8.29. The van der Waals surface area contributed by atoms with Gasteiger partial charge in [0.05, 0.1) is 12.0 Å². The van der Waals surface area contributed by atoms with Gasteiger partial charge in [-0.25, -0.2) is 0 Å². The van der Waals surface area contributed by atoms with Gasteiger partial charge in [0.1, 0.15) is 0 Å². The van der Waals surface area contributed by atoms with Crippen LogP contribution in [-0.4, -0.2) is 17.0 Å². The summed E-state index contributed by atoms with van der Waals surface area (Å²) in [7, 11) is 0. The topological polar surface area (TPSA) is 37.3 Å². The van der Waals surface area contributed by atoms with Crippen LogP contribution in [0.3, 0.4) is 0 Å². The Morgan fingerprint density at radius 3 is 2.86 bits per heavy atom. The van der Waals surface area contributed by atoms with E-state index < -0.39 is 0 Å². The van der Waals surface area contributed by atoms with Crippen molar-refractivity contribution in [2.45, 2.75) is 58.0 Å². The van der Waals surface area contributed by atoms with E-state index in [1.165, 1.54) is 24.8 Å². The van der Waals surface area contributed by atoms with Gasteiger partial charge in [-0.1, -0.05) is 18.4 Å². The molecule has 3 saturated carbocycles. The molecule has 0 saturated heterocycles. The standard InChI is InChI=1S/C20H26O2/c1-3-12-10-16-13(11-18(12)21)4-5-15-14(16)8-9-20(2)17(15)6-7-19(20)22/h1,11-12,14-17,19,22H,4-10H2,2H3/t12?,14-,15+,16-,17-,19+,20-/m0/s1. The van der Waals surface area contributed by atoms with Crippen LogP contribution < -0.4 is 0 Å². The largest absolute Gasteiger partial charge is 0.393 e.